The highest BCUT2D eigenvalue weighted by molar-refractivity contribution is 7.91. The number of hydrogen-bond donors (Lipinski definition) is 1. The van der Waals surface area contributed by atoms with Crippen LogP contribution in [0.15, 0.2) is 0 Å². The third kappa shape index (κ3) is 3.95. The Labute approximate surface area is 125 Å². The fourth-order valence-corrected chi connectivity index (χ4v) is 3.82. The quantitative estimate of drug-likeness (QED) is 0.782. The fraction of sp³-hybridized carbons (Fsp3) is 1.00. The molecule has 1 aliphatic rings. The molecule has 0 bridgehead atoms. The van der Waals surface area contributed by atoms with Crippen LogP contribution in [-0.2, 0) is 9.84 Å². The maximum absolute atomic E-state index is 11.8. The molecule has 0 spiro atoms. The van der Waals surface area contributed by atoms with Gasteiger partial charge in [-0.25, -0.2) is 8.42 Å². The summed E-state index contributed by atoms with van der Waals surface area (Å²) in [6.45, 7) is 13.1. The summed E-state index contributed by atoms with van der Waals surface area (Å²) in [6.07, 6.45) is 3.18. The van der Waals surface area contributed by atoms with Gasteiger partial charge in [-0.05, 0) is 26.2 Å². The van der Waals surface area contributed by atoms with Gasteiger partial charge in [-0.2, -0.15) is 0 Å². The fourth-order valence-electron chi connectivity index (χ4n) is 3.03. The smallest absolute Gasteiger partial charge is 0.151 e. The monoisotopic (exact) mass is 304 g/mol. The van der Waals surface area contributed by atoms with E-state index in [0.29, 0.717) is 6.54 Å². The van der Waals surface area contributed by atoms with Gasteiger partial charge < -0.3 is 5.32 Å². The molecule has 0 aromatic heterocycles. The molecule has 0 aromatic rings. The van der Waals surface area contributed by atoms with Crippen LogP contribution in [0.5, 0.6) is 0 Å². The third-order valence-corrected chi connectivity index (χ3v) is 6.95. The van der Waals surface area contributed by atoms with E-state index < -0.39 is 9.84 Å². The number of nitrogens with one attached hydrogen (secondary N) is 1. The summed E-state index contributed by atoms with van der Waals surface area (Å²) in [5.74, 6) is 0.528. The normalized spacial score (nSPS) is 27.6. The van der Waals surface area contributed by atoms with Crippen LogP contribution in [0.1, 0.15) is 53.9 Å². The van der Waals surface area contributed by atoms with Crippen molar-refractivity contribution >= 4 is 9.84 Å². The Morgan fingerprint density at radius 1 is 1.10 bits per heavy atom. The summed E-state index contributed by atoms with van der Waals surface area (Å²) in [5, 5.41) is 3.69. The van der Waals surface area contributed by atoms with E-state index in [0.717, 1.165) is 32.4 Å². The van der Waals surface area contributed by atoms with E-state index in [2.05, 4.69) is 37.9 Å². The molecule has 1 aliphatic heterocycles. The number of nitrogens with zero attached hydrogens (tertiary/aromatic N) is 1. The second-order valence-corrected chi connectivity index (χ2v) is 8.83. The lowest BCUT2D eigenvalue weighted by Gasteiger charge is -2.53. The van der Waals surface area contributed by atoms with Crippen LogP contribution in [-0.4, -0.2) is 55.5 Å². The molecule has 4 nitrogen and oxygen atoms in total. The molecule has 1 atom stereocenters. The number of rotatable bonds is 7. The van der Waals surface area contributed by atoms with Crippen molar-refractivity contribution in [3.63, 3.8) is 0 Å². The first kappa shape index (κ1) is 17.9. The Kier molecular flexibility index (Phi) is 6.05. The molecular weight excluding hydrogens is 272 g/mol. The van der Waals surface area contributed by atoms with Crippen LogP contribution >= 0.6 is 0 Å². The van der Waals surface area contributed by atoms with Crippen molar-refractivity contribution in [1.82, 2.24) is 10.2 Å². The minimum absolute atomic E-state index is 0.101. The van der Waals surface area contributed by atoms with Gasteiger partial charge in [0.1, 0.15) is 0 Å². The van der Waals surface area contributed by atoms with Gasteiger partial charge in [0.05, 0.1) is 5.75 Å². The largest absolute Gasteiger partial charge is 0.308 e. The van der Waals surface area contributed by atoms with Gasteiger partial charge >= 0.3 is 0 Å². The van der Waals surface area contributed by atoms with E-state index in [-0.39, 0.29) is 22.6 Å². The molecule has 1 unspecified atom stereocenters. The molecule has 1 heterocycles. The predicted molar refractivity (Wildman–Crippen MR) is 85.9 cm³/mol. The van der Waals surface area contributed by atoms with Gasteiger partial charge in [-0.15, -0.1) is 0 Å². The van der Waals surface area contributed by atoms with Gasteiger partial charge in [-0.1, -0.05) is 27.7 Å². The molecule has 0 aliphatic carbocycles. The lowest BCUT2D eigenvalue weighted by atomic mass is 9.83. The lowest BCUT2D eigenvalue weighted by Crippen LogP contribution is -2.69. The Morgan fingerprint density at radius 2 is 1.70 bits per heavy atom. The number of piperazine rings is 1. The summed E-state index contributed by atoms with van der Waals surface area (Å²) >= 11 is 0. The maximum Gasteiger partial charge on any atom is 0.151 e. The Hall–Kier alpha value is -0.130. The second kappa shape index (κ2) is 6.75. The SMILES string of the molecule is CCC1(C)CN(CCS(=O)(=O)CC)C(CC)(CC)CN1. The van der Waals surface area contributed by atoms with Crippen molar-refractivity contribution in [3.8, 4) is 0 Å². The average Bonchev–Trinajstić information content (AvgIpc) is 2.46. The Bertz CT molecular complexity index is 404. The first-order valence-electron chi connectivity index (χ1n) is 7.97. The third-order valence-electron chi connectivity index (χ3n) is 5.26. The van der Waals surface area contributed by atoms with Crippen LogP contribution in [0.25, 0.3) is 0 Å². The highest BCUT2D eigenvalue weighted by atomic mass is 32.2. The van der Waals surface area contributed by atoms with E-state index in [1.807, 2.05) is 0 Å². The Morgan fingerprint density at radius 3 is 2.15 bits per heavy atom. The second-order valence-electron chi connectivity index (χ2n) is 6.36. The summed E-state index contributed by atoms with van der Waals surface area (Å²) in [6, 6.07) is 0. The van der Waals surface area contributed by atoms with Crippen LogP contribution in [0.3, 0.4) is 0 Å². The van der Waals surface area contributed by atoms with E-state index in [1.165, 1.54) is 0 Å². The van der Waals surface area contributed by atoms with Gasteiger partial charge in [0.15, 0.2) is 9.84 Å². The molecule has 0 radical (unpaired) electrons. The van der Waals surface area contributed by atoms with Gasteiger partial charge in [0, 0.05) is 36.5 Å². The van der Waals surface area contributed by atoms with E-state index in [4.69, 9.17) is 0 Å². The first-order chi connectivity index (χ1) is 9.26. The molecule has 0 saturated carbocycles. The highest BCUT2D eigenvalue weighted by Gasteiger charge is 2.42. The van der Waals surface area contributed by atoms with Crippen LogP contribution in [0, 0.1) is 0 Å². The standard InChI is InChI=1S/C15H32N2O2S/c1-6-14(5)13-17(10-11-20(18,19)9-4)15(7-2,8-3)12-16-14/h16H,6-13H2,1-5H3. The Balaban J connectivity index is 2.88. The number of sulfone groups is 1. The topological polar surface area (TPSA) is 49.4 Å². The molecule has 120 valence electrons. The van der Waals surface area contributed by atoms with Crippen molar-refractivity contribution in [2.75, 3.05) is 31.1 Å². The molecule has 5 heteroatoms. The summed E-state index contributed by atoms with van der Waals surface area (Å²) in [4.78, 5) is 2.43. The van der Waals surface area contributed by atoms with Gasteiger partial charge in [0.2, 0.25) is 0 Å². The molecule has 1 N–H and O–H groups in total. The highest BCUT2D eigenvalue weighted by Crippen LogP contribution is 2.31. The van der Waals surface area contributed by atoms with Crippen molar-refractivity contribution < 1.29 is 8.42 Å². The van der Waals surface area contributed by atoms with Crippen LogP contribution < -0.4 is 5.32 Å². The molecule has 1 saturated heterocycles. The van der Waals surface area contributed by atoms with Gasteiger partial charge in [0.25, 0.3) is 0 Å². The summed E-state index contributed by atoms with van der Waals surface area (Å²) in [7, 11) is -2.89. The van der Waals surface area contributed by atoms with E-state index in [1.54, 1.807) is 6.92 Å². The van der Waals surface area contributed by atoms with Crippen molar-refractivity contribution in [3.05, 3.63) is 0 Å². The van der Waals surface area contributed by atoms with E-state index >= 15 is 0 Å². The van der Waals surface area contributed by atoms with E-state index in [9.17, 15) is 8.42 Å². The zero-order valence-corrected chi connectivity index (χ0v) is 14.6. The predicted octanol–water partition coefficient (Wildman–Crippen LogP) is 2.05. The lowest BCUT2D eigenvalue weighted by molar-refractivity contribution is 0.00718. The van der Waals surface area contributed by atoms with Crippen LogP contribution in [0.4, 0.5) is 0 Å². The summed E-state index contributed by atoms with van der Waals surface area (Å²) < 4.78 is 23.6. The molecule has 20 heavy (non-hydrogen) atoms. The zero-order valence-electron chi connectivity index (χ0n) is 13.8. The molecule has 0 amide bonds. The zero-order chi connectivity index (χ0) is 15.4. The minimum atomic E-state index is -2.89. The molecule has 1 fully saturated rings. The molecule has 1 rings (SSSR count). The first-order valence-corrected chi connectivity index (χ1v) is 9.79. The van der Waals surface area contributed by atoms with Crippen molar-refractivity contribution in [1.29, 1.82) is 0 Å². The average molecular weight is 305 g/mol. The van der Waals surface area contributed by atoms with Crippen LogP contribution in [0.2, 0.25) is 0 Å². The summed E-state index contributed by atoms with van der Waals surface area (Å²) in [5.41, 5.74) is 0.210. The van der Waals surface area contributed by atoms with Crippen molar-refractivity contribution in [2.45, 2.75) is 65.0 Å². The van der Waals surface area contributed by atoms with Crippen molar-refractivity contribution in [2.24, 2.45) is 0 Å². The van der Waals surface area contributed by atoms with Gasteiger partial charge in [-0.3, -0.25) is 4.90 Å². The molecule has 0 aromatic carbocycles. The minimum Gasteiger partial charge on any atom is -0.308 e. The number of hydrogen-bond acceptors (Lipinski definition) is 4. The maximum atomic E-state index is 11.8. The molecular formula is C15H32N2O2S.